The van der Waals surface area contributed by atoms with Crippen molar-refractivity contribution in [1.29, 1.82) is 0 Å². The monoisotopic (exact) mass is 329 g/mol. The van der Waals surface area contributed by atoms with E-state index in [1.165, 1.54) is 6.42 Å². The average molecular weight is 329 g/mol. The summed E-state index contributed by atoms with van der Waals surface area (Å²) in [7, 11) is 2.06. The molecule has 3 heteroatoms. The third-order valence-corrected chi connectivity index (χ3v) is 3.22. The van der Waals surface area contributed by atoms with Crippen molar-refractivity contribution < 1.29 is 9.47 Å². The molecule has 0 spiro atoms. The lowest BCUT2D eigenvalue weighted by Crippen LogP contribution is -2.19. The van der Waals surface area contributed by atoms with Crippen LogP contribution in [0.15, 0.2) is 18.2 Å². The Balaban J connectivity index is 0.00000254. The maximum absolute atomic E-state index is 5.51. The molecule has 0 amide bonds. The van der Waals surface area contributed by atoms with Crippen LogP contribution in [0.25, 0.3) is 0 Å². The van der Waals surface area contributed by atoms with Gasteiger partial charge in [-0.1, -0.05) is 39.5 Å². The number of benzene rings is 1. The lowest BCUT2D eigenvalue weighted by atomic mass is 10.1. The fourth-order valence-corrected chi connectivity index (χ4v) is 2.06. The first kappa shape index (κ1) is 21.7. The molecule has 0 heterocycles. The summed E-state index contributed by atoms with van der Waals surface area (Å²) in [5, 5.41) is 0. The minimum atomic E-state index is 0.231. The average Bonchev–Trinajstić information content (AvgIpc) is 2.59. The lowest BCUT2D eigenvalue weighted by Gasteiger charge is -2.21. The van der Waals surface area contributed by atoms with Gasteiger partial charge in [-0.3, -0.25) is 0 Å². The third-order valence-electron chi connectivity index (χ3n) is 3.22. The van der Waals surface area contributed by atoms with Gasteiger partial charge in [0.25, 0.3) is 0 Å². The Labute approximate surface area is 148 Å². The maximum atomic E-state index is 5.51. The standard InChI is InChI=1S/C19H25NO2.C2H6/c1-6-11-21-18-13-17(14-19(15-18)22-12-7-2)20(5)10-8-9-16(3)4;1-2/h1-2,13-16H,8-12H2,3-5H3;1-2H3. The van der Waals surface area contributed by atoms with Gasteiger partial charge in [0.15, 0.2) is 0 Å². The number of hydrogen-bond acceptors (Lipinski definition) is 3. The molecule has 24 heavy (non-hydrogen) atoms. The molecular formula is C21H31NO2. The summed E-state index contributed by atoms with van der Waals surface area (Å²) in [5.41, 5.74) is 1.03. The van der Waals surface area contributed by atoms with E-state index < -0.39 is 0 Å². The van der Waals surface area contributed by atoms with Crippen molar-refractivity contribution in [3.05, 3.63) is 18.2 Å². The highest BCUT2D eigenvalue weighted by atomic mass is 16.5. The normalized spacial score (nSPS) is 9.33. The van der Waals surface area contributed by atoms with E-state index in [1.807, 2.05) is 26.0 Å². The Morgan fingerprint density at radius 3 is 1.92 bits per heavy atom. The van der Waals surface area contributed by atoms with Crippen LogP contribution in [0.1, 0.15) is 40.5 Å². The van der Waals surface area contributed by atoms with Gasteiger partial charge in [0, 0.05) is 37.5 Å². The van der Waals surface area contributed by atoms with Crippen LogP contribution in [0.4, 0.5) is 5.69 Å². The SMILES string of the molecule is C#CCOc1cc(OCC#C)cc(N(C)CCCC(C)C)c1.CC. The summed E-state index contributed by atoms with van der Waals surface area (Å²) in [6.07, 6.45) is 12.8. The molecule has 0 N–H and O–H groups in total. The highest BCUT2D eigenvalue weighted by Gasteiger charge is 2.07. The Morgan fingerprint density at radius 2 is 1.50 bits per heavy atom. The Kier molecular flexibility index (Phi) is 12.0. The zero-order chi connectivity index (χ0) is 18.4. The summed E-state index contributed by atoms with van der Waals surface area (Å²) in [4.78, 5) is 2.19. The second-order valence-corrected chi connectivity index (χ2v) is 5.61. The van der Waals surface area contributed by atoms with Crippen LogP contribution in [-0.2, 0) is 0 Å². The zero-order valence-electron chi connectivity index (χ0n) is 15.8. The van der Waals surface area contributed by atoms with Gasteiger partial charge < -0.3 is 14.4 Å². The smallest absolute Gasteiger partial charge is 0.148 e. The van der Waals surface area contributed by atoms with E-state index in [2.05, 4.69) is 37.6 Å². The molecular weight excluding hydrogens is 298 g/mol. The number of hydrogen-bond donors (Lipinski definition) is 0. The zero-order valence-corrected chi connectivity index (χ0v) is 15.8. The van der Waals surface area contributed by atoms with Crippen molar-refractivity contribution in [3.63, 3.8) is 0 Å². The quantitative estimate of drug-likeness (QED) is 0.618. The van der Waals surface area contributed by atoms with Gasteiger partial charge in [-0.2, -0.15) is 0 Å². The summed E-state index contributed by atoms with van der Waals surface area (Å²) in [6, 6.07) is 5.74. The Morgan fingerprint density at radius 1 is 1.00 bits per heavy atom. The lowest BCUT2D eigenvalue weighted by molar-refractivity contribution is 0.352. The molecule has 0 aliphatic rings. The number of terminal acetylenes is 2. The molecule has 1 aromatic rings. The van der Waals surface area contributed by atoms with Crippen molar-refractivity contribution in [3.8, 4) is 36.2 Å². The van der Waals surface area contributed by atoms with Crippen LogP contribution in [-0.4, -0.2) is 26.8 Å². The fourth-order valence-electron chi connectivity index (χ4n) is 2.06. The van der Waals surface area contributed by atoms with Crippen LogP contribution in [0, 0.1) is 30.6 Å². The van der Waals surface area contributed by atoms with Gasteiger partial charge in [-0.05, 0) is 18.8 Å². The Bertz CT molecular complexity index is 502. The van der Waals surface area contributed by atoms with Crippen LogP contribution in [0.2, 0.25) is 0 Å². The molecule has 3 nitrogen and oxygen atoms in total. The first-order chi connectivity index (χ1) is 11.6. The highest BCUT2D eigenvalue weighted by Crippen LogP contribution is 2.28. The van der Waals surface area contributed by atoms with Crippen LogP contribution in [0.5, 0.6) is 11.5 Å². The minimum Gasteiger partial charge on any atom is -0.481 e. The predicted molar refractivity (Wildman–Crippen MR) is 104 cm³/mol. The molecule has 0 saturated heterocycles. The highest BCUT2D eigenvalue weighted by molar-refractivity contribution is 5.55. The van der Waals surface area contributed by atoms with Crippen molar-refractivity contribution in [2.45, 2.75) is 40.5 Å². The number of rotatable bonds is 9. The molecule has 1 aromatic carbocycles. The molecule has 0 atom stereocenters. The summed E-state index contributed by atoms with van der Waals surface area (Å²) in [5.74, 6) is 7.03. The van der Waals surface area contributed by atoms with E-state index in [4.69, 9.17) is 22.3 Å². The van der Waals surface area contributed by atoms with E-state index in [0.29, 0.717) is 17.4 Å². The van der Waals surface area contributed by atoms with Gasteiger partial charge in [0.1, 0.15) is 24.7 Å². The van der Waals surface area contributed by atoms with Gasteiger partial charge in [-0.25, -0.2) is 0 Å². The molecule has 0 radical (unpaired) electrons. The van der Waals surface area contributed by atoms with Crippen LogP contribution < -0.4 is 14.4 Å². The van der Waals surface area contributed by atoms with Crippen LogP contribution >= 0.6 is 0 Å². The molecule has 0 unspecified atom stereocenters. The van der Waals surface area contributed by atoms with Crippen LogP contribution in [0.3, 0.4) is 0 Å². The second kappa shape index (κ2) is 13.2. The summed E-state index contributed by atoms with van der Waals surface area (Å²) in [6.45, 7) is 9.91. The van der Waals surface area contributed by atoms with Crippen molar-refractivity contribution >= 4 is 5.69 Å². The molecule has 0 aromatic heterocycles. The largest absolute Gasteiger partial charge is 0.481 e. The van der Waals surface area contributed by atoms with Gasteiger partial charge in [0.05, 0.1) is 0 Å². The van der Waals surface area contributed by atoms with Gasteiger partial charge in [-0.15, -0.1) is 12.8 Å². The molecule has 0 saturated carbocycles. The topological polar surface area (TPSA) is 21.7 Å². The van der Waals surface area contributed by atoms with E-state index >= 15 is 0 Å². The van der Waals surface area contributed by atoms with Crippen molar-refractivity contribution in [2.24, 2.45) is 5.92 Å². The van der Waals surface area contributed by atoms with Gasteiger partial charge >= 0.3 is 0 Å². The Hall–Kier alpha value is -2.26. The number of ether oxygens (including phenoxy) is 2. The summed E-state index contributed by atoms with van der Waals surface area (Å²) < 4.78 is 11.0. The molecule has 132 valence electrons. The third kappa shape index (κ3) is 9.01. The first-order valence-electron chi connectivity index (χ1n) is 8.55. The van der Waals surface area contributed by atoms with E-state index in [0.717, 1.165) is 18.7 Å². The van der Waals surface area contributed by atoms with E-state index in [9.17, 15) is 0 Å². The minimum absolute atomic E-state index is 0.231. The van der Waals surface area contributed by atoms with Crippen molar-refractivity contribution in [2.75, 3.05) is 31.7 Å². The molecule has 0 aliphatic heterocycles. The van der Waals surface area contributed by atoms with E-state index in [1.54, 1.807) is 6.07 Å². The fraction of sp³-hybridized carbons (Fsp3) is 0.524. The molecule has 0 aliphatic carbocycles. The molecule has 0 bridgehead atoms. The second-order valence-electron chi connectivity index (χ2n) is 5.61. The number of nitrogens with zero attached hydrogens (tertiary/aromatic N) is 1. The van der Waals surface area contributed by atoms with Gasteiger partial charge in [0.2, 0.25) is 0 Å². The predicted octanol–water partition coefficient (Wildman–Crippen LogP) is 4.61. The first-order valence-corrected chi connectivity index (χ1v) is 8.55. The van der Waals surface area contributed by atoms with E-state index in [-0.39, 0.29) is 13.2 Å². The summed E-state index contributed by atoms with van der Waals surface area (Å²) >= 11 is 0. The van der Waals surface area contributed by atoms with Crippen molar-refractivity contribution in [1.82, 2.24) is 0 Å². The molecule has 1 rings (SSSR count). The number of anilines is 1. The molecule has 0 fully saturated rings. The maximum Gasteiger partial charge on any atom is 0.148 e.